The molecule has 0 spiro atoms. The zero-order valence-electron chi connectivity index (χ0n) is 6.52. The Hall–Kier alpha value is 0.310. The first-order chi connectivity index (χ1) is 4.27. The van der Waals surface area contributed by atoms with E-state index in [-0.39, 0.29) is 0 Å². The molecule has 9 heavy (non-hydrogen) atoms. The zero-order chi connectivity index (χ0) is 7.11. The summed E-state index contributed by atoms with van der Waals surface area (Å²) in [4.78, 5) is 0. The lowest BCUT2D eigenvalue weighted by molar-refractivity contribution is 0.486. The van der Waals surface area contributed by atoms with E-state index in [1.54, 1.807) is 19.2 Å². The molecule has 0 aliphatic heterocycles. The highest BCUT2D eigenvalue weighted by atomic mass is 32.2. The highest BCUT2D eigenvalue weighted by Gasteiger charge is 1.92. The molecule has 0 amide bonds. The summed E-state index contributed by atoms with van der Waals surface area (Å²) in [5.41, 5.74) is 0. The normalized spacial score (nSPS) is 10.7. The van der Waals surface area contributed by atoms with Crippen LogP contribution in [0.4, 0.5) is 0 Å². The molecule has 0 aromatic heterocycles. The molecule has 0 saturated carbocycles. The van der Waals surface area contributed by atoms with Crippen molar-refractivity contribution in [1.82, 2.24) is 0 Å². The van der Waals surface area contributed by atoms with Gasteiger partial charge in [0.2, 0.25) is 0 Å². The van der Waals surface area contributed by atoms with Gasteiger partial charge in [-0.15, -0.1) is 0 Å². The summed E-state index contributed by atoms with van der Waals surface area (Å²) in [7, 11) is 1.72. The van der Waals surface area contributed by atoms with Crippen LogP contribution in [0.1, 0.15) is 26.7 Å². The Morgan fingerprint density at radius 1 is 1.44 bits per heavy atom. The van der Waals surface area contributed by atoms with E-state index in [1.165, 1.54) is 12.8 Å². The topological polar surface area (TPSA) is 9.23 Å². The average Bonchev–Trinajstić information content (AvgIpc) is 1.80. The van der Waals surface area contributed by atoms with E-state index in [2.05, 4.69) is 13.8 Å². The molecule has 0 aromatic carbocycles. The Morgan fingerprint density at radius 3 is 2.56 bits per heavy atom. The maximum Gasteiger partial charge on any atom is 0.0503 e. The molecule has 0 atom stereocenters. The molecular formula is C7H16OS. The standard InChI is InChI=1S/C7H16OS/c1-7(2)5-4-6-9-8-3/h7H,4-6H2,1-3H3. The van der Waals surface area contributed by atoms with Crippen molar-refractivity contribution in [2.45, 2.75) is 26.7 Å². The minimum absolute atomic E-state index is 0.836. The Morgan fingerprint density at radius 2 is 2.11 bits per heavy atom. The molecule has 0 heterocycles. The van der Waals surface area contributed by atoms with Gasteiger partial charge in [-0.25, -0.2) is 0 Å². The van der Waals surface area contributed by atoms with Crippen LogP contribution >= 0.6 is 12.0 Å². The van der Waals surface area contributed by atoms with Crippen LogP contribution in [0.25, 0.3) is 0 Å². The summed E-state index contributed by atoms with van der Waals surface area (Å²) in [5.74, 6) is 1.97. The Kier molecular flexibility index (Phi) is 6.65. The molecule has 0 bridgehead atoms. The fourth-order valence-corrected chi connectivity index (χ4v) is 1.09. The van der Waals surface area contributed by atoms with Gasteiger partial charge >= 0.3 is 0 Å². The molecule has 0 aliphatic rings. The predicted molar refractivity (Wildman–Crippen MR) is 43.5 cm³/mol. The van der Waals surface area contributed by atoms with Gasteiger partial charge in [0.25, 0.3) is 0 Å². The number of hydrogen-bond donors (Lipinski definition) is 0. The van der Waals surface area contributed by atoms with Gasteiger partial charge in [0, 0.05) is 5.75 Å². The number of rotatable bonds is 5. The van der Waals surface area contributed by atoms with Crippen molar-refractivity contribution in [3.63, 3.8) is 0 Å². The fourth-order valence-electron chi connectivity index (χ4n) is 0.634. The van der Waals surface area contributed by atoms with Crippen LogP contribution in [0.3, 0.4) is 0 Å². The minimum atomic E-state index is 0.836. The van der Waals surface area contributed by atoms with Gasteiger partial charge in [0.05, 0.1) is 7.11 Å². The van der Waals surface area contributed by atoms with Crippen LogP contribution in [0.2, 0.25) is 0 Å². The quantitative estimate of drug-likeness (QED) is 0.438. The van der Waals surface area contributed by atoms with Gasteiger partial charge in [0.1, 0.15) is 0 Å². The van der Waals surface area contributed by atoms with Gasteiger partial charge in [-0.05, 0) is 24.4 Å². The molecule has 0 aliphatic carbocycles. The van der Waals surface area contributed by atoms with E-state index in [9.17, 15) is 0 Å². The Bertz CT molecular complexity index is 54.9. The predicted octanol–water partition coefficient (Wildman–Crippen LogP) is 2.72. The van der Waals surface area contributed by atoms with Crippen LogP contribution in [0.5, 0.6) is 0 Å². The zero-order valence-corrected chi connectivity index (χ0v) is 7.33. The lowest BCUT2D eigenvalue weighted by Crippen LogP contribution is -1.88. The summed E-state index contributed by atoms with van der Waals surface area (Å²) < 4.78 is 4.84. The first-order valence-electron chi connectivity index (χ1n) is 3.43. The smallest absolute Gasteiger partial charge is 0.0503 e. The molecule has 56 valence electrons. The molecule has 0 saturated heterocycles. The van der Waals surface area contributed by atoms with E-state index in [1.807, 2.05) is 0 Å². The summed E-state index contributed by atoms with van der Waals surface area (Å²) in [6.07, 6.45) is 2.59. The molecule has 0 radical (unpaired) electrons. The first-order valence-corrected chi connectivity index (χ1v) is 4.34. The number of hydrogen-bond acceptors (Lipinski definition) is 2. The molecule has 0 fully saturated rings. The van der Waals surface area contributed by atoms with Crippen molar-refractivity contribution in [1.29, 1.82) is 0 Å². The average molecular weight is 148 g/mol. The van der Waals surface area contributed by atoms with Gasteiger partial charge < -0.3 is 4.18 Å². The van der Waals surface area contributed by atoms with Crippen LogP contribution in [-0.4, -0.2) is 12.9 Å². The van der Waals surface area contributed by atoms with Crippen molar-refractivity contribution in [2.75, 3.05) is 12.9 Å². The van der Waals surface area contributed by atoms with Gasteiger partial charge in [-0.2, -0.15) is 0 Å². The van der Waals surface area contributed by atoms with E-state index < -0.39 is 0 Å². The van der Waals surface area contributed by atoms with E-state index >= 15 is 0 Å². The first kappa shape index (κ1) is 9.31. The fraction of sp³-hybridized carbons (Fsp3) is 1.00. The van der Waals surface area contributed by atoms with Crippen LogP contribution in [-0.2, 0) is 4.18 Å². The highest BCUT2D eigenvalue weighted by molar-refractivity contribution is 7.94. The summed E-state index contributed by atoms with van der Waals surface area (Å²) >= 11 is 1.55. The molecule has 0 rings (SSSR count). The Balaban J connectivity index is 2.75. The maximum absolute atomic E-state index is 4.84. The van der Waals surface area contributed by atoms with Crippen LogP contribution in [0, 0.1) is 5.92 Å². The van der Waals surface area contributed by atoms with Gasteiger partial charge in [-0.1, -0.05) is 20.3 Å². The maximum atomic E-state index is 4.84. The van der Waals surface area contributed by atoms with Crippen molar-refractivity contribution < 1.29 is 4.18 Å². The second kappa shape index (κ2) is 6.43. The van der Waals surface area contributed by atoms with Crippen LogP contribution < -0.4 is 0 Å². The van der Waals surface area contributed by atoms with E-state index in [0.717, 1.165) is 11.7 Å². The van der Waals surface area contributed by atoms with Crippen molar-refractivity contribution in [3.8, 4) is 0 Å². The van der Waals surface area contributed by atoms with Gasteiger partial charge in [-0.3, -0.25) is 0 Å². The highest BCUT2D eigenvalue weighted by Crippen LogP contribution is 2.08. The third kappa shape index (κ3) is 8.31. The van der Waals surface area contributed by atoms with Crippen molar-refractivity contribution in [3.05, 3.63) is 0 Å². The second-order valence-corrected chi connectivity index (χ2v) is 3.50. The van der Waals surface area contributed by atoms with Crippen molar-refractivity contribution in [2.24, 2.45) is 5.92 Å². The molecule has 2 heteroatoms. The van der Waals surface area contributed by atoms with E-state index in [4.69, 9.17) is 4.18 Å². The third-order valence-corrected chi connectivity index (χ3v) is 1.82. The van der Waals surface area contributed by atoms with Crippen LogP contribution in [0.15, 0.2) is 0 Å². The molecular weight excluding hydrogens is 132 g/mol. The van der Waals surface area contributed by atoms with Gasteiger partial charge in [0.15, 0.2) is 0 Å². The summed E-state index contributed by atoms with van der Waals surface area (Å²) in [6.45, 7) is 4.49. The SMILES string of the molecule is COSCCCC(C)C. The van der Waals surface area contributed by atoms with E-state index in [0.29, 0.717) is 0 Å². The lowest BCUT2D eigenvalue weighted by Gasteiger charge is -2.01. The molecule has 1 nitrogen and oxygen atoms in total. The monoisotopic (exact) mass is 148 g/mol. The molecule has 0 N–H and O–H groups in total. The molecule has 0 aromatic rings. The molecule has 0 unspecified atom stereocenters. The largest absolute Gasteiger partial charge is 0.319 e. The van der Waals surface area contributed by atoms with Crippen molar-refractivity contribution >= 4 is 12.0 Å². The Labute approximate surface area is 62.4 Å². The second-order valence-electron chi connectivity index (χ2n) is 2.52. The summed E-state index contributed by atoms with van der Waals surface area (Å²) in [6, 6.07) is 0. The lowest BCUT2D eigenvalue weighted by atomic mass is 10.1. The minimum Gasteiger partial charge on any atom is -0.319 e. The third-order valence-electron chi connectivity index (χ3n) is 1.13. The summed E-state index contributed by atoms with van der Waals surface area (Å²) in [5, 5.41) is 0.